The first-order chi connectivity index (χ1) is 18.2. The van der Waals surface area contributed by atoms with Crippen LogP contribution in [0.15, 0.2) is 18.6 Å². The smallest absolute Gasteiger partial charge is 0.305 e. The highest BCUT2D eigenvalue weighted by Gasteiger charge is 2.40. The average Bonchev–Trinajstić information content (AvgIpc) is 3.57. The summed E-state index contributed by atoms with van der Waals surface area (Å²) in [6.07, 6.45) is 13.8. The van der Waals surface area contributed by atoms with Gasteiger partial charge in [0, 0.05) is 48.4 Å². The van der Waals surface area contributed by atoms with Gasteiger partial charge < -0.3 is 15.4 Å². The number of fused-ring (bicyclic) bond motifs is 1. The molecule has 2 aliphatic heterocycles. The van der Waals surface area contributed by atoms with Crippen molar-refractivity contribution in [3.8, 4) is 0 Å². The van der Waals surface area contributed by atoms with Crippen LogP contribution in [0.4, 0.5) is 0 Å². The van der Waals surface area contributed by atoms with Crippen LogP contribution in [-0.2, 0) is 26.3 Å². The molecule has 2 saturated heterocycles. The van der Waals surface area contributed by atoms with Gasteiger partial charge in [0.25, 0.3) is 0 Å². The van der Waals surface area contributed by atoms with Crippen molar-refractivity contribution < 1.29 is 14.3 Å². The van der Waals surface area contributed by atoms with Gasteiger partial charge in [0.1, 0.15) is 5.78 Å². The van der Waals surface area contributed by atoms with Gasteiger partial charge in [-0.2, -0.15) is 11.8 Å². The van der Waals surface area contributed by atoms with Crippen LogP contribution in [0, 0.1) is 0 Å². The second-order valence-corrected chi connectivity index (χ2v) is 13.1. The zero-order valence-corrected chi connectivity index (χ0v) is 24.6. The summed E-state index contributed by atoms with van der Waals surface area (Å²) in [6.45, 7) is 11.7. The summed E-state index contributed by atoms with van der Waals surface area (Å²) in [6, 6.07) is 1.02. The number of Topliss-reactive ketones (excluding diaryl/α,β-unsaturated/α-hetero) is 1. The fraction of sp³-hybridized carbons (Fsp3) is 0.793. The monoisotopic (exact) mass is 547 g/mol. The summed E-state index contributed by atoms with van der Waals surface area (Å²) < 4.78 is 7.26. The molecule has 0 spiro atoms. The Labute approximate surface area is 233 Å². The van der Waals surface area contributed by atoms with E-state index in [0.29, 0.717) is 49.0 Å². The molecule has 2 aliphatic rings. The highest BCUT2D eigenvalue weighted by atomic mass is 32.2. The van der Waals surface area contributed by atoms with Gasteiger partial charge in [0.05, 0.1) is 30.2 Å². The van der Waals surface area contributed by atoms with Gasteiger partial charge in [0.2, 0.25) is 0 Å². The minimum absolute atomic E-state index is 0.0142. The van der Waals surface area contributed by atoms with Crippen molar-refractivity contribution in [2.24, 2.45) is 0 Å². The number of ketones is 1. The predicted molar refractivity (Wildman–Crippen MR) is 154 cm³/mol. The number of carbonyl (C=O) groups is 2. The summed E-state index contributed by atoms with van der Waals surface area (Å²) in [5, 5.41) is 15.9. The number of aromatic nitrogens is 3. The Hall–Kier alpha value is -2.03. The largest absolute Gasteiger partial charge is 0.466 e. The zero-order valence-electron chi connectivity index (χ0n) is 23.8. The fourth-order valence-corrected chi connectivity index (χ4v) is 6.59. The molecule has 2 N–H and O–H groups in total. The van der Waals surface area contributed by atoms with Crippen LogP contribution in [0.1, 0.15) is 110 Å². The molecule has 214 valence electrons. The van der Waals surface area contributed by atoms with Crippen LogP contribution < -0.4 is 10.6 Å². The number of rotatable bonds is 18. The number of nitrogens with zero attached hydrogens (tertiary/aromatic N) is 3. The molecule has 9 heteroatoms. The van der Waals surface area contributed by atoms with Crippen LogP contribution in [0.3, 0.4) is 0 Å². The van der Waals surface area contributed by atoms with Gasteiger partial charge in [-0.15, -0.1) is 5.10 Å². The molecule has 3 heterocycles. The predicted octanol–water partition coefficient (Wildman–Crippen LogP) is 5.28. The quantitative estimate of drug-likeness (QED) is 0.189. The fourth-order valence-electron chi connectivity index (χ4n) is 5.05. The lowest BCUT2D eigenvalue weighted by molar-refractivity contribution is -0.143. The average molecular weight is 548 g/mol. The van der Waals surface area contributed by atoms with Crippen molar-refractivity contribution >= 4 is 23.5 Å². The maximum Gasteiger partial charge on any atom is 0.305 e. The van der Waals surface area contributed by atoms with Crippen LogP contribution in [-0.4, -0.2) is 56.4 Å². The molecule has 3 rings (SSSR count). The first-order valence-electron chi connectivity index (χ1n) is 14.6. The molecule has 0 bridgehead atoms. The van der Waals surface area contributed by atoms with E-state index in [-0.39, 0.29) is 11.4 Å². The number of thioether (sulfide) groups is 1. The van der Waals surface area contributed by atoms with Crippen LogP contribution in [0.25, 0.3) is 0 Å². The number of carbonyl (C=O) groups excluding carboxylic acids is 2. The Balaban J connectivity index is 1.08. The number of unbranched alkanes of at least 4 members (excludes halogenated alkanes) is 6. The number of hydrogen-bond acceptors (Lipinski definition) is 8. The third kappa shape index (κ3) is 10.6. The van der Waals surface area contributed by atoms with Crippen molar-refractivity contribution in [2.45, 2.75) is 134 Å². The summed E-state index contributed by atoms with van der Waals surface area (Å²) in [5.41, 5.74) is 1.02. The van der Waals surface area contributed by atoms with E-state index < -0.39 is 0 Å². The maximum absolute atomic E-state index is 12.2. The minimum Gasteiger partial charge on any atom is -0.466 e. The summed E-state index contributed by atoms with van der Waals surface area (Å²) in [7, 11) is 0. The number of nitrogens with one attached hydrogen (secondary N) is 2. The molecule has 0 aliphatic carbocycles. The van der Waals surface area contributed by atoms with E-state index in [1.165, 1.54) is 6.42 Å². The number of hydrogen-bond donors (Lipinski definition) is 2. The third-order valence-electron chi connectivity index (χ3n) is 7.41. The highest BCUT2D eigenvalue weighted by Crippen LogP contribution is 2.34. The topological polar surface area (TPSA) is 98.1 Å². The van der Waals surface area contributed by atoms with Crippen LogP contribution >= 0.6 is 11.8 Å². The van der Waals surface area contributed by atoms with Gasteiger partial charge >= 0.3 is 5.97 Å². The van der Waals surface area contributed by atoms with Gasteiger partial charge in [-0.1, -0.05) is 58.2 Å². The molecule has 2 fully saturated rings. The van der Waals surface area contributed by atoms with Gasteiger partial charge in [-0.25, -0.2) is 0 Å². The van der Waals surface area contributed by atoms with E-state index in [1.807, 2.05) is 22.6 Å². The molecule has 3 atom stereocenters. The lowest BCUT2D eigenvalue weighted by atomic mass is 9.93. The van der Waals surface area contributed by atoms with Gasteiger partial charge in [-0.05, 0) is 38.5 Å². The molecule has 0 saturated carbocycles. The van der Waals surface area contributed by atoms with E-state index in [0.717, 1.165) is 81.6 Å². The van der Waals surface area contributed by atoms with Crippen LogP contribution in [0.2, 0.25) is 0 Å². The Bertz CT molecular complexity index is 897. The summed E-state index contributed by atoms with van der Waals surface area (Å²) in [4.78, 5) is 24.1. The van der Waals surface area contributed by atoms with E-state index in [2.05, 4.69) is 48.3 Å². The SMILES string of the molecule is C=C1NC2CS[C@H](CCCCC(=O)CCCCCCOC(=O)CCCCCn3cc(C(C)(C)C)nn3)[C@H]2N1. The molecular formula is C29H49N5O3S. The summed E-state index contributed by atoms with van der Waals surface area (Å²) in [5.74, 6) is 2.39. The molecule has 1 aromatic heterocycles. The molecular weight excluding hydrogens is 498 g/mol. The van der Waals surface area contributed by atoms with Crippen molar-refractivity contribution in [1.29, 1.82) is 0 Å². The first kappa shape index (κ1) is 30.5. The molecule has 1 unspecified atom stereocenters. The van der Waals surface area contributed by atoms with E-state index in [4.69, 9.17) is 4.74 Å². The molecule has 38 heavy (non-hydrogen) atoms. The second kappa shape index (κ2) is 15.5. The standard InChI is InChI=1S/C29H49N5O3S/c1-22-30-24-21-38-25(28(24)31-22)16-11-10-15-23(35)14-8-5-6-13-19-37-27(36)17-9-7-12-18-34-20-26(32-33-34)29(2,3)4/h20,24-25,28,30-31H,1,5-19,21H2,2-4H3/t24?,25-,28+/m1/s1. The lowest BCUT2D eigenvalue weighted by Crippen LogP contribution is -2.36. The Kier molecular flexibility index (Phi) is 12.5. The minimum atomic E-state index is -0.104. The van der Waals surface area contributed by atoms with Crippen molar-refractivity contribution in [3.05, 3.63) is 24.3 Å². The number of ether oxygens (including phenoxy) is 1. The van der Waals surface area contributed by atoms with E-state index in [1.54, 1.807) is 0 Å². The molecule has 0 amide bonds. The van der Waals surface area contributed by atoms with Crippen LogP contribution in [0.5, 0.6) is 0 Å². The lowest BCUT2D eigenvalue weighted by Gasteiger charge is -2.17. The molecule has 1 aromatic rings. The van der Waals surface area contributed by atoms with Crippen molar-refractivity contribution in [2.75, 3.05) is 12.4 Å². The Morgan fingerprint density at radius 1 is 1.03 bits per heavy atom. The van der Waals surface area contributed by atoms with Crippen molar-refractivity contribution in [3.63, 3.8) is 0 Å². The maximum atomic E-state index is 12.2. The molecule has 0 radical (unpaired) electrons. The summed E-state index contributed by atoms with van der Waals surface area (Å²) >= 11 is 2.04. The number of aryl methyl sites for hydroxylation is 1. The van der Waals surface area contributed by atoms with E-state index >= 15 is 0 Å². The highest BCUT2D eigenvalue weighted by molar-refractivity contribution is 8.00. The van der Waals surface area contributed by atoms with Gasteiger partial charge in [-0.3, -0.25) is 14.3 Å². The molecule has 0 aromatic carbocycles. The van der Waals surface area contributed by atoms with Gasteiger partial charge in [0.15, 0.2) is 0 Å². The normalized spacial score (nSPS) is 20.7. The Morgan fingerprint density at radius 3 is 2.50 bits per heavy atom. The third-order valence-corrected chi connectivity index (χ3v) is 8.92. The first-order valence-corrected chi connectivity index (χ1v) is 15.7. The van der Waals surface area contributed by atoms with Crippen molar-refractivity contribution in [1.82, 2.24) is 25.6 Å². The molecule has 8 nitrogen and oxygen atoms in total. The van der Waals surface area contributed by atoms with E-state index in [9.17, 15) is 9.59 Å². The Morgan fingerprint density at radius 2 is 1.74 bits per heavy atom. The second-order valence-electron chi connectivity index (χ2n) is 11.9. The zero-order chi connectivity index (χ0) is 27.4. The number of esters is 1.